The summed E-state index contributed by atoms with van der Waals surface area (Å²) in [7, 11) is 0. The highest BCUT2D eigenvalue weighted by molar-refractivity contribution is 5.84. The van der Waals surface area contributed by atoms with Crippen molar-refractivity contribution in [2.75, 3.05) is 0 Å². The smallest absolute Gasteiger partial charge is 0.331 e. The van der Waals surface area contributed by atoms with Crippen LogP contribution in [0, 0.1) is 45.3 Å². The molecule has 0 aromatic rings. The second-order valence-corrected chi connectivity index (χ2v) is 12.7. The van der Waals surface area contributed by atoms with Crippen molar-refractivity contribution in [2.45, 2.75) is 97.9 Å². The predicted molar refractivity (Wildman–Crippen MR) is 115 cm³/mol. The number of aliphatic hydroxyl groups excluding tert-OH is 2. The Morgan fingerprint density at radius 1 is 0.933 bits per heavy atom. The van der Waals surface area contributed by atoms with Gasteiger partial charge < -0.3 is 14.9 Å². The number of carbonyl (C=O) groups excluding carboxylic acids is 1. The van der Waals surface area contributed by atoms with Crippen molar-refractivity contribution in [3.8, 4) is 0 Å². The number of aliphatic hydroxyl groups is 2. The van der Waals surface area contributed by atoms with Crippen LogP contribution in [-0.2, 0) is 9.53 Å². The van der Waals surface area contributed by atoms with Gasteiger partial charge in [-0.15, -0.1) is 0 Å². The monoisotopic (exact) mass is 416 g/mol. The molecule has 168 valence electrons. The molecule has 1 aliphatic heterocycles. The Morgan fingerprint density at radius 3 is 2.30 bits per heavy atom. The van der Waals surface area contributed by atoms with Gasteiger partial charge in [-0.05, 0) is 90.4 Å². The molecule has 4 fully saturated rings. The normalized spacial score (nSPS) is 56.8. The van der Waals surface area contributed by atoms with Gasteiger partial charge in [0.2, 0.25) is 0 Å². The zero-order valence-electron chi connectivity index (χ0n) is 19.4. The third-order valence-electron chi connectivity index (χ3n) is 11.5. The molecule has 30 heavy (non-hydrogen) atoms. The molecule has 1 heterocycles. The quantitative estimate of drug-likeness (QED) is 0.618. The van der Waals surface area contributed by atoms with E-state index >= 15 is 0 Å². The minimum absolute atomic E-state index is 0.0526. The number of hydrogen-bond donors (Lipinski definition) is 2. The van der Waals surface area contributed by atoms with E-state index in [0.717, 1.165) is 38.5 Å². The molecular formula is C26H40O4. The van der Waals surface area contributed by atoms with Crippen molar-refractivity contribution in [1.82, 2.24) is 0 Å². The van der Waals surface area contributed by atoms with Crippen molar-refractivity contribution in [2.24, 2.45) is 45.3 Å². The molecule has 0 spiro atoms. The highest BCUT2D eigenvalue weighted by Gasteiger charge is 2.70. The second-order valence-electron chi connectivity index (χ2n) is 12.7. The third-order valence-corrected chi connectivity index (χ3v) is 11.5. The van der Waals surface area contributed by atoms with E-state index in [1.807, 2.05) is 6.08 Å². The molecule has 0 aromatic carbocycles. The van der Waals surface area contributed by atoms with E-state index in [9.17, 15) is 15.0 Å². The zero-order chi connectivity index (χ0) is 21.7. The van der Waals surface area contributed by atoms with Gasteiger partial charge in [0, 0.05) is 12.0 Å². The molecule has 4 aliphatic carbocycles. The molecule has 4 saturated carbocycles. The summed E-state index contributed by atoms with van der Waals surface area (Å²) < 4.78 is 5.61. The van der Waals surface area contributed by atoms with Crippen LogP contribution in [0.3, 0.4) is 0 Å². The Labute approximate surface area is 181 Å². The van der Waals surface area contributed by atoms with Crippen LogP contribution in [0.2, 0.25) is 0 Å². The Bertz CT molecular complexity index is 773. The molecule has 4 nitrogen and oxygen atoms in total. The Morgan fingerprint density at radius 2 is 1.63 bits per heavy atom. The van der Waals surface area contributed by atoms with E-state index in [4.69, 9.17) is 4.74 Å². The lowest BCUT2D eigenvalue weighted by Crippen LogP contribution is -2.66. The van der Waals surface area contributed by atoms with E-state index in [1.165, 1.54) is 6.42 Å². The zero-order valence-corrected chi connectivity index (χ0v) is 19.4. The highest BCUT2D eigenvalue weighted by atomic mass is 16.5. The van der Waals surface area contributed by atoms with Crippen molar-refractivity contribution in [1.29, 1.82) is 0 Å². The van der Waals surface area contributed by atoms with Crippen molar-refractivity contribution < 1.29 is 19.7 Å². The average Bonchev–Trinajstić information content (AvgIpc) is 3.25. The summed E-state index contributed by atoms with van der Waals surface area (Å²) in [5.41, 5.74) is 0.305. The Balaban J connectivity index is 1.52. The first-order valence-electron chi connectivity index (χ1n) is 12.2. The summed E-state index contributed by atoms with van der Waals surface area (Å²) in [6, 6.07) is 0. The summed E-state index contributed by atoms with van der Waals surface area (Å²) in [6.45, 7) is 11.9. The van der Waals surface area contributed by atoms with Gasteiger partial charge in [0.05, 0.1) is 12.2 Å². The minimum atomic E-state index is -0.348. The van der Waals surface area contributed by atoms with Gasteiger partial charge in [-0.25, -0.2) is 4.79 Å². The van der Waals surface area contributed by atoms with Crippen molar-refractivity contribution >= 4 is 5.97 Å². The van der Waals surface area contributed by atoms with Crippen LogP contribution in [0.15, 0.2) is 12.2 Å². The standard InChI is InChI=1S/C26H40O4/c1-23(2)18-9-13-25(4)19(24(18,3)11-10-20(23)28)14-16(27)22-15(8-12-26(22,25)5)17-6-7-21(29)30-17/h6-7,15-20,22,27-28H,8-14H2,1-5H3. The number of cyclic esters (lactones) is 1. The molecule has 0 radical (unpaired) electrons. The lowest BCUT2D eigenvalue weighted by atomic mass is 9.35. The lowest BCUT2D eigenvalue weighted by molar-refractivity contribution is -0.243. The van der Waals surface area contributed by atoms with Gasteiger partial charge in [0.25, 0.3) is 0 Å². The van der Waals surface area contributed by atoms with Gasteiger partial charge >= 0.3 is 5.97 Å². The fourth-order valence-corrected chi connectivity index (χ4v) is 9.79. The van der Waals surface area contributed by atoms with Crippen molar-refractivity contribution in [3.63, 3.8) is 0 Å². The number of carbonyl (C=O) groups is 1. The topological polar surface area (TPSA) is 66.8 Å². The average molecular weight is 417 g/mol. The van der Waals surface area contributed by atoms with Crippen LogP contribution in [0.1, 0.15) is 79.6 Å². The maximum absolute atomic E-state index is 11.7. The molecule has 0 amide bonds. The van der Waals surface area contributed by atoms with Crippen LogP contribution in [0.25, 0.3) is 0 Å². The van der Waals surface area contributed by atoms with Crippen LogP contribution in [0.4, 0.5) is 0 Å². The molecule has 5 rings (SSSR count). The first-order chi connectivity index (χ1) is 13.9. The van der Waals surface area contributed by atoms with Crippen LogP contribution in [-0.4, -0.2) is 34.5 Å². The summed E-state index contributed by atoms with van der Waals surface area (Å²) in [5, 5.41) is 22.4. The lowest BCUT2D eigenvalue weighted by Gasteiger charge is -2.70. The minimum Gasteiger partial charge on any atom is -0.455 e. The van der Waals surface area contributed by atoms with E-state index in [0.29, 0.717) is 11.8 Å². The van der Waals surface area contributed by atoms with E-state index < -0.39 is 0 Å². The largest absolute Gasteiger partial charge is 0.455 e. The number of ether oxygens (including phenoxy) is 1. The summed E-state index contributed by atoms with van der Waals surface area (Å²) in [6.07, 6.45) is 9.95. The van der Waals surface area contributed by atoms with E-state index in [2.05, 4.69) is 34.6 Å². The molecule has 2 N–H and O–H groups in total. The maximum atomic E-state index is 11.7. The first-order valence-corrected chi connectivity index (χ1v) is 12.2. The molecule has 10 atom stereocenters. The van der Waals surface area contributed by atoms with Crippen LogP contribution in [0.5, 0.6) is 0 Å². The predicted octanol–water partition coefficient (Wildman–Crippen LogP) is 4.48. The summed E-state index contributed by atoms with van der Waals surface area (Å²) in [4.78, 5) is 11.7. The molecule has 5 aliphatic rings. The maximum Gasteiger partial charge on any atom is 0.331 e. The number of esters is 1. The second kappa shape index (κ2) is 6.34. The van der Waals surface area contributed by atoms with Crippen LogP contribution < -0.4 is 0 Å². The van der Waals surface area contributed by atoms with Crippen LogP contribution >= 0.6 is 0 Å². The van der Waals surface area contributed by atoms with E-state index in [1.54, 1.807) is 6.08 Å². The van der Waals surface area contributed by atoms with Gasteiger partial charge in [-0.3, -0.25) is 0 Å². The van der Waals surface area contributed by atoms with Gasteiger partial charge in [0.15, 0.2) is 0 Å². The van der Waals surface area contributed by atoms with Crippen molar-refractivity contribution in [3.05, 3.63) is 12.2 Å². The molecule has 4 heteroatoms. The highest BCUT2D eigenvalue weighted by Crippen LogP contribution is 2.75. The summed E-state index contributed by atoms with van der Waals surface area (Å²) in [5.74, 6) is 1.13. The fourth-order valence-electron chi connectivity index (χ4n) is 9.79. The molecule has 0 aromatic heterocycles. The number of fused-ring (bicyclic) bond motifs is 5. The van der Waals surface area contributed by atoms with Gasteiger partial charge in [-0.1, -0.05) is 34.6 Å². The Hall–Kier alpha value is -0.870. The molecule has 0 bridgehead atoms. The summed E-state index contributed by atoms with van der Waals surface area (Å²) >= 11 is 0. The number of hydrogen-bond acceptors (Lipinski definition) is 4. The SMILES string of the molecule is CC1(C)C(O)CCC2(C)C1CCC1(C)C2CC(O)C2C(C3C=CC(=O)O3)CCC21C. The molecular weight excluding hydrogens is 376 g/mol. The van der Waals surface area contributed by atoms with E-state index in [-0.39, 0.29) is 57.8 Å². The van der Waals surface area contributed by atoms with Gasteiger partial charge in [0.1, 0.15) is 6.10 Å². The fraction of sp³-hybridized carbons (Fsp3) is 0.885. The third kappa shape index (κ3) is 2.44. The first kappa shape index (κ1) is 21.0. The molecule has 0 saturated heterocycles. The Kier molecular flexibility index (Phi) is 4.44. The molecule has 10 unspecified atom stereocenters. The van der Waals surface area contributed by atoms with Gasteiger partial charge in [-0.2, -0.15) is 0 Å². The number of rotatable bonds is 1.